The van der Waals surface area contributed by atoms with Gasteiger partial charge in [-0.1, -0.05) is 26.0 Å². The van der Waals surface area contributed by atoms with Crippen molar-refractivity contribution in [3.63, 3.8) is 0 Å². The first kappa shape index (κ1) is 22.7. The summed E-state index contributed by atoms with van der Waals surface area (Å²) in [5.41, 5.74) is -3.30. The van der Waals surface area contributed by atoms with Crippen molar-refractivity contribution in [3.05, 3.63) is 39.4 Å². The van der Waals surface area contributed by atoms with Crippen molar-refractivity contribution in [2.24, 2.45) is 16.7 Å². The summed E-state index contributed by atoms with van der Waals surface area (Å²) in [6.45, 7) is 6.71. The van der Waals surface area contributed by atoms with Gasteiger partial charge in [-0.05, 0) is 32.3 Å². The number of carboxylic acid groups (broad SMARTS) is 2. The summed E-state index contributed by atoms with van der Waals surface area (Å²) in [5, 5.41) is 34.8. The van der Waals surface area contributed by atoms with Crippen molar-refractivity contribution in [2.45, 2.75) is 52.6 Å². The van der Waals surface area contributed by atoms with E-state index in [9.17, 15) is 34.3 Å². The average molecular weight is 410 g/mol. The zero-order chi connectivity index (χ0) is 22.3. The fraction of sp³-hybridized carbons (Fsp3) is 0.600. The summed E-state index contributed by atoms with van der Waals surface area (Å²) in [5.74, 6) is -4.35. The minimum Gasteiger partial charge on any atom is -0.481 e. The van der Waals surface area contributed by atoms with E-state index in [4.69, 9.17) is 0 Å². The van der Waals surface area contributed by atoms with E-state index in [0.29, 0.717) is 0 Å². The molecule has 1 heterocycles. The Kier molecular flexibility index (Phi) is 6.04. The quantitative estimate of drug-likeness (QED) is 0.485. The minimum absolute atomic E-state index is 0.188. The summed E-state index contributed by atoms with van der Waals surface area (Å²) in [4.78, 5) is 36.0. The number of hydrogen-bond donors (Lipinski definition) is 3. The molecule has 0 bridgehead atoms. The third-order valence-electron chi connectivity index (χ3n) is 6.76. The zero-order valence-electron chi connectivity index (χ0n) is 17.1. The molecule has 1 aliphatic heterocycles. The van der Waals surface area contributed by atoms with Gasteiger partial charge < -0.3 is 15.5 Å². The maximum Gasteiger partial charge on any atom is 0.312 e. The first-order chi connectivity index (χ1) is 13.4. The number of hydrogen-bond acceptors (Lipinski definition) is 5. The number of halogens is 1. The van der Waals surface area contributed by atoms with Crippen molar-refractivity contribution in [1.82, 2.24) is 5.32 Å². The van der Waals surface area contributed by atoms with Gasteiger partial charge in [0.25, 0.3) is 5.69 Å². The summed E-state index contributed by atoms with van der Waals surface area (Å²) < 4.78 is 14.0. The van der Waals surface area contributed by atoms with E-state index >= 15 is 0 Å². The van der Waals surface area contributed by atoms with Crippen LogP contribution in [0.3, 0.4) is 0 Å². The first-order valence-corrected chi connectivity index (χ1v) is 9.41. The molecule has 29 heavy (non-hydrogen) atoms. The minimum atomic E-state index is -1.86. The molecule has 0 spiro atoms. The van der Waals surface area contributed by atoms with Gasteiger partial charge in [0, 0.05) is 23.6 Å². The molecule has 1 aromatic rings. The molecule has 1 fully saturated rings. The number of alkyl halides is 1. The molecule has 3 N–H and O–H groups in total. The largest absolute Gasteiger partial charge is 0.481 e. The number of benzene rings is 1. The van der Waals surface area contributed by atoms with Gasteiger partial charge in [0.05, 0.1) is 21.8 Å². The Balaban J connectivity index is 3.01. The topological polar surface area (TPSA) is 130 Å². The molecule has 0 saturated carbocycles. The van der Waals surface area contributed by atoms with Crippen LogP contribution in [0.2, 0.25) is 0 Å². The molecule has 0 radical (unpaired) electrons. The standard InChI is InChI=1S/C20H27FN2O6/c1-10(2)20(18(26)27)12(4)22-15(9-21)19(5,17(24)25)16(20)13-7-6-8-14(11(13)3)23(28)29/h6-8,10,12,15-16,22H,9H2,1-5H3,(H,24,25)(H,26,27). The molecular weight excluding hydrogens is 383 g/mol. The SMILES string of the molecule is Cc1c(C2C(C)(C(=O)O)C(CF)NC(C)C2(C(=O)O)C(C)C)cccc1[N+](=O)[O-]. The van der Waals surface area contributed by atoms with Crippen LogP contribution in [0, 0.1) is 33.8 Å². The molecule has 9 heteroatoms. The van der Waals surface area contributed by atoms with Crippen LogP contribution < -0.4 is 5.32 Å². The molecule has 0 aromatic heterocycles. The maximum atomic E-state index is 14.0. The van der Waals surface area contributed by atoms with Crippen LogP contribution in [0.5, 0.6) is 0 Å². The predicted octanol–water partition coefficient (Wildman–Crippen LogP) is 3.13. The van der Waals surface area contributed by atoms with Gasteiger partial charge in [-0.25, -0.2) is 4.39 Å². The van der Waals surface area contributed by atoms with E-state index < -0.39 is 58.3 Å². The van der Waals surface area contributed by atoms with Crippen LogP contribution >= 0.6 is 0 Å². The summed E-state index contributed by atoms with van der Waals surface area (Å²) in [7, 11) is 0. The lowest BCUT2D eigenvalue weighted by atomic mass is 9.48. The number of nitrogens with one attached hydrogen (secondary N) is 1. The Labute approximate surface area is 168 Å². The second-order valence-electron chi connectivity index (χ2n) is 8.26. The Morgan fingerprint density at radius 1 is 1.31 bits per heavy atom. The van der Waals surface area contributed by atoms with Crippen LogP contribution in [0.4, 0.5) is 10.1 Å². The Morgan fingerprint density at radius 2 is 1.90 bits per heavy atom. The second-order valence-corrected chi connectivity index (χ2v) is 8.26. The first-order valence-electron chi connectivity index (χ1n) is 9.41. The van der Waals surface area contributed by atoms with Crippen molar-refractivity contribution in [2.75, 3.05) is 6.67 Å². The second kappa shape index (κ2) is 7.70. The molecule has 8 nitrogen and oxygen atoms in total. The molecule has 0 amide bonds. The summed E-state index contributed by atoms with van der Waals surface area (Å²) >= 11 is 0. The molecule has 1 saturated heterocycles. The van der Waals surface area contributed by atoms with Crippen LogP contribution in [0.25, 0.3) is 0 Å². The number of carboxylic acids is 2. The van der Waals surface area contributed by atoms with Crippen LogP contribution in [0.15, 0.2) is 18.2 Å². The highest BCUT2D eigenvalue weighted by atomic mass is 19.1. The number of nitro benzene ring substituents is 1. The van der Waals surface area contributed by atoms with Crippen molar-refractivity contribution in [3.8, 4) is 0 Å². The Morgan fingerprint density at radius 3 is 2.31 bits per heavy atom. The number of carbonyl (C=O) groups is 2. The van der Waals surface area contributed by atoms with Crippen molar-refractivity contribution in [1.29, 1.82) is 0 Å². The highest BCUT2D eigenvalue weighted by molar-refractivity contribution is 5.84. The lowest BCUT2D eigenvalue weighted by Crippen LogP contribution is -2.71. The molecule has 0 aliphatic carbocycles. The number of aliphatic carboxylic acids is 2. The Bertz CT molecular complexity index is 844. The number of nitro groups is 1. The van der Waals surface area contributed by atoms with Gasteiger partial charge in [-0.3, -0.25) is 19.7 Å². The van der Waals surface area contributed by atoms with Gasteiger partial charge in [0.1, 0.15) is 6.67 Å². The van der Waals surface area contributed by atoms with Gasteiger partial charge >= 0.3 is 11.9 Å². The number of piperidine rings is 1. The average Bonchev–Trinajstić information content (AvgIpc) is 2.62. The lowest BCUT2D eigenvalue weighted by molar-refractivity contribution is -0.385. The third-order valence-corrected chi connectivity index (χ3v) is 6.76. The normalized spacial score (nSPS) is 32.2. The molecule has 2 rings (SSSR count). The van der Waals surface area contributed by atoms with Gasteiger partial charge in [0.2, 0.25) is 0 Å². The van der Waals surface area contributed by atoms with Crippen molar-refractivity contribution < 1.29 is 29.1 Å². The third kappa shape index (κ3) is 3.08. The van der Waals surface area contributed by atoms with E-state index in [1.807, 2.05) is 0 Å². The van der Waals surface area contributed by atoms with Gasteiger partial charge in [-0.2, -0.15) is 0 Å². The molecule has 160 valence electrons. The van der Waals surface area contributed by atoms with Crippen molar-refractivity contribution >= 4 is 17.6 Å². The predicted molar refractivity (Wildman–Crippen MR) is 104 cm³/mol. The number of nitrogens with zero attached hydrogens (tertiary/aromatic N) is 1. The smallest absolute Gasteiger partial charge is 0.312 e. The molecular formula is C20H27FN2O6. The van der Waals surface area contributed by atoms with Crippen LogP contribution in [-0.4, -0.2) is 45.8 Å². The summed E-state index contributed by atoms with van der Waals surface area (Å²) in [6.07, 6.45) is 0. The fourth-order valence-corrected chi connectivity index (χ4v) is 5.16. The van der Waals surface area contributed by atoms with E-state index in [1.54, 1.807) is 20.8 Å². The van der Waals surface area contributed by atoms with E-state index in [-0.39, 0.29) is 16.8 Å². The van der Waals surface area contributed by atoms with Crippen LogP contribution in [0.1, 0.15) is 44.7 Å². The fourth-order valence-electron chi connectivity index (χ4n) is 5.16. The maximum absolute atomic E-state index is 14.0. The van der Waals surface area contributed by atoms with E-state index in [0.717, 1.165) is 0 Å². The van der Waals surface area contributed by atoms with Gasteiger partial charge in [0.15, 0.2) is 0 Å². The lowest BCUT2D eigenvalue weighted by Gasteiger charge is -2.58. The molecule has 5 atom stereocenters. The van der Waals surface area contributed by atoms with Gasteiger partial charge in [-0.15, -0.1) is 0 Å². The highest BCUT2D eigenvalue weighted by Crippen LogP contribution is 2.59. The highest BCUT2D eigenvalue weighted by Gasteiger charge is 2.67. The van der Waals surface area contributed by atoms with Crippen LogP contribution in [-0.2, 0) is 9.59 Å². The van der Waals surface area contributed by atoms with E-state index in [2.05, 4.69) is 5.32 Å². The zero-order valence-corrected chi connectivity index (χ0v) is 17.1. The molecule has 1 aromatic carbocycles. The summed E-state index contributed by atoms with van der Waals surface area (Å²) in [6, 6.07) is 2.27. The number of rotatable bonds is 6. The Hall–Kier alpha value is -2.55. The van der Waals surface area contributed by atoms with E-state index in [1.165, 1.54) is 32.0 Å². The molecule has 5 unspecified atom stereocenters. The molecule has 1 aliphatic rings. The monoisotopic (exact) mass is 410 g/mol.